The summed E-state index contributed by atoms with van der Waals surface area (Å²) in [5.74, 6) is 1.51. The summed E-state index contributed by atoms with van der Waals surface area (Å²) in [5.41, 5.74) is 4.15. The number of ether oxygens (including phenoxy) is 2. The molecular formula is C25H20N4O4S. The topological polar surface area (TPSA) is 110 Å². The number of aryl methyl sites for hydroxylation is 1. The van der Waals surface area contributed by atoms with Gasteiger partial charge in [0.25, 0.3) is 11.6 Å². The van der Waals surface area contributed by atoms with Crippen LogP contribution in [-0.2, 0) is 12.8 Å². The molecule has 0 saturated carbocycles. The van der Waals surface area contributed by atoms with Gasteiger partial charge in [-0.1, -0.05) is 12.1 Å². The van der Waals surface area contributed by atoms with E-state index < -0.39 is 0 Å². The van der Waals surface area contributed by atoms with Gasteiger partial charge in [-0.2, -0.15) is 5.26 Å². The maximum Gasteiger partial charge on any atom is 0.259 e. The number of rotatable bonds is 3. The highest BCUT2D eigenvalue weighted by molar-refractivity contribution is 7.16. The van der Waals surface area contributed by atoms with Crippen LogP contribution in [0, 0.1) is 24.2 Å². The van der Waals surface area contributed by atoms with Crippen LogP contribution in [0.15, 0.2) is 28.8 Å². The van der Waals surface area contributed by atoms with E-state index in [9.17, 15) is 10.1 Å². The Morgan fingerprint density at radius 1 is 1.26 bits per heavy atom. The number of fused-ring (bicyclic) bond motifs is 3. The number of hydrogen-bond donors (Lipinski definition) is 1. The van der Waals surface area contributed by atoms with Gasteiger partial charge in [0.2, 0.25) is 6.79 Å². The van der Waals surface area contributed by atoms with Gasteiger partial charge < -0.3 is 19.3 Å². The smallest absolute Gasteiger partial charge is 0.259 e. The predicted molar refractivity (Wildman–Crippen MR) is 126 cm³/mol. The lowest BCUT2D eigenvalue weighted by Crippen LogP contribution is -2.13. The molecule has 0 saturated heterocycles. The van der Waals surface area contributed by atoms with Crippen molar-refractivity contribution < 1.29 is 18.8 Å². The van der Waals surface area contributed by atoms with E-state index in [2.05, 4.69) is 28.5 Å². The zero-order valence-electron chi connectivity index (χ0n) is 18.6. The van der Waals surface area contributed by atoms with Crippen LogP contribution in [-0.4, -0.2) is 22.8 Å². The van der Waals surface area contributed by atoms with Gasteiger partial charge in [-0.3, -0.25) is 4.79 Å². The number of carbonyl (C=O) groups is 1. The van der Waals surface area contributed by atoms with Crippen molar-refractivity contribution in [2.75, 3.05) is 12.1 Å². The van der Waals surface area contributed by atoms with E-state index in [1.54, 1.807) is 19.1 Å². The summed E-state index contributed by atoms with van der Waals surface area (Å²) in [4.78, 5) is 19.2. The summed E-state index contributed by atoms with van der Waals surface area (Å²) < 4.78 is 16.4. The van der Waals surface area contributed by atoms with Gasteiger partial charge >= 0.3 is 0 Å². The third-order valence-electron chi connectivity index (χ3n) is 6.32. The normalized spacial score (nSPS) is 16.3. The van der Waals surface area contributed by atoms with E-state index in [0.717, 1.165) is 30.4 Å². The van der Waals surface area contributed by atoms with Gasteiger partial charge in [0, 0.05) is 16.1 Å². The Kier molecular flexibility index (Phi) is 4.78. The fourth-order valence-corrected chi connectivity index (χ4v) is 5.98. The van der Waals surface area contributed by atoms with E-state index in [1.807, 2.05) is 12.1 Å². The summed E-state index contributed by atoms with van der Waals surface area (Å²) in [7, 11) is 0. The monoisotopic (exact) mass is 472 g/mol. The van der Waals surface area contributed by atoms with Crippen LogP contribution in [0.25, 0.3) is 22.4 Å². The van der Waals surface area contributed by atoms with E-state index in [0.29, 0.717) is 50.3 Å². The molecule has 1 aromatic carbocycles. The molecule has 6 rings (SSSR count). The molecule has 0 spiro atoms. The Morgan fingerprint density at radius 2 is 2.12 bits per heavy atom. The van der Waals surface area contributed by atoms with Crippen molar-refractivity contribution in [1.82, 2.24) is 10.1 Å². The summed E-state index contributed by atoms with van der Waals surface area (Å²) in [6, 6.07) is 9.47. The minimum atomic E-state index is -0.330. The van der Waals surface area contributed by atoms with Crippen LogP contribution in [0.2, 0.25) is 0 Å². The first-order chi connectivity index (χ1) is 16.5. The van der Waals surface area contributed by atoms with Crippen LogP contribution in [0.3, 0.4) is 0 Å². The van der Waals surface area contributed by atoms with Crippen molar-refractivity contribution >= 4 is 33.3 Å². The molecule has 2 aliphatic rings. The summed E-state index contributed by atoms with van der Waals surface area (Å²) in [6.45, 7) is 4.18. The molecule has 0 bridgehead atoms. The van der Waals surface area contributed by atoms with Crippen LogP contribution in [0.5, 0.6) is 11.5 Å². The molecule has 4 heterocycles. The molecule has 3 aromatic heterocycles. The van der Waals surface area contributed by atoms with Crippen molar-refractivity contribution in [2.45, 2.75) is 33.1 Å². The first-order valence-corrected chi connectivity index (χ1v) is 11.9. The molecule has 0 unspecified atom stereocenters. The quantitative estimate of drug-likeness (QED) is 0.434. The number of hydrogen-bond acceptors (Lipinski definition) is 8. The number of anilines is 1. The standard InChI is InChI=1S/C25H20N4O4S/c1-12-3-5-15-17(10-26)25(34-20(15)7-12)28-23(30)16-8-13(2)27-24-21(16)22(29-33-24)14-4-6-18-19(9-14)32-11-31-18/h4,6,8-9,12H,3,5,7,11H2,1-2H3,(H,28,30)/t12-/m1/s1. The number of nitriles is 1. The van der Waals surface area contributed by atoms with E-state index >= 15 is 0 Å². The number of benzene rings is 1. The molecule has 1 aliphatic heterocycles. The number of carbonyl (C=O) groups excluding carboxylic acids is 1. The molecule has 34 heavy (non-hydrogen) atoms. The lowest BCUT2D eigenvalue weighted by molar-refractivity contribution is 0.102. The third kappa shape index (κ3) is 3.30. The van der Waals surface area contributed by atoms with Gasteiger partial charge in [-0.25, -0.2) is 4.98 Å². The molecule has 4 aromatic rings. The average molecular weight is 473 g/mol. The fraction of sp³-hybridized carbons (Fsp3) is 0.280. The molecule has 1 atom stereocenters. The molecule has 0 fully saturated rings. The van der Waals surface area contributed by atoms with Crippen LogP contribution < -0.4 is 14.8 Å². The Hall–Kier alpha value is -3.90. The minimum Gasteiger partial charge on any atom is -0.454 e. The highest BCUT2D eigenvalue weighted by Gasteiger charge is 2.27. The maximum atomic E-state index is 13.5. The zero-order valence-corrected chi connectivity index (χ0v) is 19.4. The second-order valence-corrected chi connectivity index (χ2v) is 9.82. The van der Waals surface area contributed by atoms with Crippen LogP contribution >= 0.6 is 11.3 Å². The van der Waals surface area contributed by atoms with Crippen molar-refractivity contribution in [3.05, 3.63) is 51.5 Å². The summed E-state index contributed by atoms with van der Waals surface area (Å²) in [6.07, 6.45) is 2.85. The lowest BCUT2D eigenvalue weighted by Gasteiger charge is -2.17. The van der Waals surface area contributed by atoms with E-state index in [1.165, 1.54) is 16.2 Å². The summed E-state index contributed by atoms with van der Waals surface area (Å²) >= 11 is 1.50. The molecule has 1 N–H and O–H groups in total. The predicted octanol–water partition coefficient (Wildman–Crippen LogP) is 5.24. The fourth-order valence-electron chi connectivity index (χ4n) is 4.62. The van der Waals surface area contributed by atoms with Crippen LogP contribution in [0.1, 0.15) is 45.4 Å². The Morgan fingerprint density at radius 3 is 2.97 bits per heavy atom. The molecule has 0 radical (unpaired) electrons. The number of aromatic nitrogens is 2. The maximum absolute atomic E-state index is 13.5. The number of pyridine rings is 1. The number of nitrogens with zero attached hydrogens (tertiary/aromatic N) is 3. The second-order valence-electron chi connectivity index (χ2n) is 8.71. The Balaban J connectivity index is 1.42. The van der Waals surface area contributed by atoms with Crippen molar-refractivity contribution in [3.63, 3.8) is 0 Å². The van der Waals surface area contributed by atoms with Gasteiger partial charge in [0.05, 0.1) is 16.5 Å². The molecular weight excluding hydrogens is 452 g/mol. The lowest BCUT2D eigenvalue weighted by atomic mass is 9.88. The average Bonchev–Trinajstić information content (AvgIpc) is 3.53. The van der Waals surface area contributed by atoms with Crippen molar-refractivity contribution in [2.24, 2.45) is 5.92 Å². The number of amides is 1. The molecule has 1 amide bonds. The number of thiophene rings is 1. The van der Waals surface area contributed by atoms with Gasteiger partial charge in [-0.05, 0) is 61.9 Å². The highest BCUT2D eigenvalue weighted by atomic mass is 32.1. The first-order valence-electron chi connectivity index (χ1n) is 11.0. The third-order valence-corrected chi connectivity index (χ3v) is 7.49. The van der Waals surface area contributed by atoms with Gasteiger partial charge in [0.1, 0.15) is 16.8 Å². The van der Waals surface area contributed by atoms with Gasteiger partial charge in [-0.15, -0.1) is 11.3 Å². The van der Waals surface area contributed by atoms with Crippen molar-refractivity contribution in [3.8, 4) is 28.8 Å². The Labute approximate surface area is 199 Å². The number of nitrogens with one attached hydrogen (secondary N) is 1. The zero-order chi connectivity index (χ0) is 23.4. The summed E-state index contributed by atoms with van der Waals surface area (Å²) in [5, 5.41) is 18.1. The SMILES string of the molecule is Cc1cc(C(=O)Nc2sc3c(c2C#N)CC[C@@H](C)C3)c2c(-c3ccc4c(c3)OCO4)noc2n1. The molecule has 1 aliphatic carbocycles. The first kappa shape index (κ1) is 20.7. The molecule has 170 valence electrons. The van der Waals surface area contributed by atoms with Crippen LogP contribution in [0.4, 0.5) is 5.00 Å². The molecule has 9 heteroatoms. The largest absolute Gasteiger partial charge is 0.454 e. The molecule has 8 nitrogen and oxygen atoms in total. The van der Waals surface area contributed by atoms with E-state index in [-0.39, 0.29) is 18.4 Å². The second kappa shape index (κ2) is 7.85. The van der Waals surface area contributed by atoms with Gasteiger partial charge in [0.15, 0.2) is 11.5 Å². The van der Waals surface area contributed by atoms with E-state index in [4.69, 9.17) is 14.0 Å². The Bertz CT molecular complexity index is 1510. The minimum absolute atomic E-state index is 0.164. The highest BCUT2D eigenvalue weighted by Crippen LogP contribution is 2.41. The van der Waals surface area contributed by atoms with Crippen molar-refractivity contribution in [1.29, 1.82) is 5.26 Å².